The Morgan fingerprint density at radius 2 is 2.28 bits per heavy atom. The molecule has 0 atom stereocenters. The number of nitrogens with two attached hydrogens (primary N) is 1. The van der Waals surface area contributed by atoms with Crippen LogP contribution in [0.1, 0.15) is 17.4 Å². The van der Waals surface area contributed by atoms with Gasteiger partial charge in [-0.25, -0.2) is 4.98 Å². The molecule has 1 aliphatic heterocycles. The van der Waals surface area contributed by atoms with Crippen LogP contribution in [0.5, 0.6) is 0 Å². The van der Waals surface area contributed by atoms with E-state index in [2.05, 4.69) is 4.98 Å². The second-order valence-electron chi connectivity index (χ2n) is 4.13. The van der Waals surface area contributed by atoms with Crippen molar-refractivity contribution in [3.63, 3.8) is 0 Å². The van der Waals surface area contributed by atoms with Crippen molar-refractivity contribution in [2.24, 2.45) is 5.73 Å². The van der Waals surface area contributed by atoms with Crippen molar-refractivity contribution in [2.75, 3.05) is 31.1 Å². The Hall–Kier alpha value is -2.11. The lowest BCUT2D eigenvalue weighted by molar-refractivity contribution is -0.130. The van der Waals surface area contributed by atoms with E-state index in [1.807, 2.05) is 11.8 Å². The van der Waals surface area contributed by atoms with Gasteiger partial charge in [0.25, 0.3) is 5.91 Å². The number of amides is 2. The van der Waals surface area contributed by atoms with Gasteiger partial charge in [0.1, 0.15) is 0 Å². The van der Waals surface area contributed by atoms with E-state index in [1.54, 1.807) is 17.0 Å². The molecule has 1 aromatic heterocycles. The molecule has 0 aliphatic carbocycles. The van der Waals surface area contributed by atoms with Crippen LogP contribution in [0.15, 0.2) is 18.3 Å². The average molecular weight is 248 g/mol. The summed E-state index contributed by atoms with van der Waals surface area (Å²) in [7, 11) is 0. The summed E-state index contributed by atoms with van der Waals surface area (Å²) < 4.78 is 0. The number of hydrogen-bond acceptors (Lipinski definition) is 4. The number of aromatic nitrogens is 1. The summed E-state index contributed by atoms with van der Waals surface area (Å²) in [4.78, 5) is 30.8. The number of carbonyl (C=O) groups is 2. The zero-order valence-corrected chi connectivity index (χ0v) is 10.3. The van der Waals surface area contributed by atoms with Gasteiger partial charge in [-0.2, -0.15) is 0 Å². The quantitative estimate of drug-likeness (QED) is 0.806. The Labute approximate surface area is 105 Å². The number of primary amides is 1. The van der Waals surface area contributed by atoms with Crippen LogP contribution in [0, 0.1) is 0 Å². The SMILES string of the molecule is CCN1CCN(c2cccnc2C(N)=O)CC1=O. The van der Waals surface area contributed by atoms with Crippen LogP contribution in [0.25, 0.3) is 0 Å². The molecule has 0 radical (unpaired) electrons. The number of nitrogens with zero attached hydrogens (tertiary/aromatic N) is 3. The molecule has 2 rings (SSSR count). The highest BCUT2D eigenvalue weighted by atomic mass is 16.2. The number of carbonyl (C=O) groups excluding carboxylic acids is 2. The lowest BCUT2D eigenvalue weighted by Gasteiger charge is -2.35. The highest BCUT2D eigenvalue weighted by Gasteiger charge is 2.25. The van der Waals surface area contributed by atoms with Gasteiger partial charge in [0.2, 0.25) is 5.91 Å². The Bertz CT molecular complexity index is 475. The Balaban J connectivity index is 2.23. The smallest absolute Gasteiger partial charge is 0.269 e. The van der Waals surface area contributed by atoms with Gasteiger partial charge < -0.3 is 15.5 Å². The molecule has 1 saturated heterocycles. The van der Waals surface area contributed by atoms with Gasteiger partial charge in [0.05, 0.1) is 12.2 Å². The fraction of sp³-hybridized carbons (Fsp3) is 0.417. The summed E-state index contributed by atoms with van der Waals surface area (Å²) in [6, 6.07) is 3.50. The lowest BCUT2D eigenvalue weighted by Crippen LogP contribution is -2.50. The molecule has 6 heteroatoms. The van der Waals surface area contributed by atoms with Crippen LogP contribution in [-0.4, -0.2) is 47.9 Å². The van der Waals surface area contributed by atoms with Crippen LogP contribution in [0.3, 0.4) is 0 Å². The number of anilines is 1. The maximum Gasteiger partial charge on any atom is 0.269 e. The van der Waals surface area contributed by atoms with E-state index in [-0.39, 0.29) is 18.1 Å². The van der Waals surface area contributed by atoms with Crippen molar-refractivity contribution >= 4 is 17.5 Å². The van der Waals surface area contributed by atoms with E-state index in [1.165, 1.54) is 6.20 Å². The third-order valence-corrected chi connectivity index (χ3v) is 3.06. The molecule has 96 valence electrons. The highest BCUT2D eigenvalue weighted by molar-refractivity contribution is 5.97. The monoisotopic (exact) mass is 248 g/mol. The van der Waals surface area contributed by atoms with Gasteiger partial charge in [0.15, 0.2) is 5.69 Å². The molecule has 18 heavy (non-hydrogen) atoms. The van der Waals surface area contributed by atoms with Gasteiger partial charge in [-0.1, -0.05) is 0 Å². The Morgan fingerprint density at radius 3 is 2.89 bits per heavy atom. The van der Waals surface area contributed by atoms with Crippen LogP contribution >= 0.6 is 0 Å². The molecule has 6 nitrogen and oxygen atoms in total. The first-order valence-electron chi connectivity index (χ1n) is 5.91. The number of likely N-dealkylation sites (N-methyl/N-ethyl adjacent to an activating group) is 1. The van der Waals surface area contributed by atoms with Crippen LogP contribution < -0.4 is 10.6 Å². The third-order valence-electron chi connectivity index (χ3n) is 3.06. The second-order valence-corrected chi connectivity index (χ2v) is 4.13. The zero-order valence-electron chi connectivity index (χ0n) is 10.3. The lowest BCUT2D eigenvalue weighted by atomic mass is 10.2. The molecule has 2 N–H and O–H groups in total. The van der Waals surface area contributed by atoms with Gasteiger partial charge in [-0.3, -0.25) is 9.59 Å². The summed E-state index contributed by atoms with van der Waals surface area (Å²) in [5, 5.41) is 0. The third kappa shape index (κ3) is 2.27. The fourth-order valence-corrected chi connectivity index (χ4v) is 2.09. The topological polar surface area (TPSA) is 79.5 Å². The normalized spacial score (nSPS) is 15.9. The summed E-state index contributed by atoms with van der Waals surface area (Å²) in [5.74, 6) is -0.515. The van der Waals surface area contributed by atoms with E-state index in [0.29, 0.717) is 25.3 Å². The van der Waals surface area contributed by atoms with E-state index < -0.39 is 5.91 Å². The molecule has 0 aromatic carbocycles. The Morgan fingerprint density at radius 1 is 1.50 bits per heavy atom. The molecule has 1 fully saturated rings. The molecule has 0 unspecified atom stereocenters. The maximum absolute atomic E-state index is 11.8. The van der Waals surface area contributed by atoms with Crippen LogP contribution in [0.4, 0.5) is 5.69 Å². The van der Waals surface area contributed by atoms with Crippen LogP contribution in [-0.2, 0) is 4.79 Å². The number of piperazine rings is 1. The fourth-order valence-electron chi connectivity index (χ4n) is 2.09. The summed E-state index contributed by atoms with van der Waals surface area (Å²) in [5.41, 5.74) is 6.14. The maximum atomic E-state index is 11.8. The predicted octanol–water partition coefficient (Wildman–Crippen LogP) is -0.151. The number of pyridine rings is 1. The predicted molar refractivity (Wildman–Crippen MR) is 67.2 cm³/mol. The molecule has 1 aromatic rings. The van der Waals surface area contributed by atoms with Gasteiger partial charge in [-0.05, 0) is 19.1 Å². The minimum atomic E-state index is -0.573. The van der Waals surface area contributed by atoms with Gasteiger partial charge in [0, 0.05) is 25.8 Å². The minimum Gasteiger partial charge on any atom is -0.364 e. The first-order valence-corrected chi connectivity index (χ1v) is 5.91. The molecule has 2 amide bonds. The van der Waals surface area contributed by atoms with Crippen molar-refractivity contribution in [2.45, 2.75) is 6.92 Å². The summed E-state index contributed by atoms with van der Waals surface area (Å²) in [6.07, 6.45) is 1.52. The number of hydrogen-bond donors (Lipinski definition) is 1. The molecule has 0 spiro atoms. The van der Waals surface area contributed by atoms with E-state index in [4.69, 9.17) is 5.73 Å². The highest BCUT2D eigenvalue weighted by Crippen LogP contribution is 2.19. The number of rotatable bonds is 3. The Kier molecular flexibility index (Phi) is 3.45. The van der Waals surface area contributed by atoms with Crippen LogP contribution in [0.2, 0.25) is 0 Å². The molecule has 0 saturated carbocycles. The molecular weight excluding hydrogens is 232 g/mol. The largest absolute Gasteiger partial charge is 0.364 e. The average Bonchev–Trinajstić information content (AvgIpc) is 2.38. The van der Waals surface area contributed by atoms with Gasteiger partial charge >= 0.3 is 0 Å². The van der Waals surface area contributed by atoms with Gasteiger partial charge in [-0.15, -0.1) is 0 Å². The standard InChI is InChI=1S/C12H16N4O2/c1-2-15-6-7-16(8-10(15)17)9-4-3-5-14-11(9)12(13)18/h3-5H,2,6-8H2,1H3,(H2,13,18). The zero-order chi connectivity index (χ0) is 13.1. The van der Waals surface area contributed by atoms with E-state index in [9.17, 15) is 9.59 Å². The summed E-state index contributed by atoms with van der Waals surface area (Å²) >= 11 is 0. The molecular formula is C12H16N4O2. The summed E-state index contributed by atoms with van der Waals surface area (Å²) in [6.45, 7) is 4.27. The van der Waals surface area contributed by atoms with Crippen molar-refractivity contribution in [1.29, 1.82) is 0 Å². The molecule has 2 heterocycles. The molecule has 0 bridgehead atoms. The minimum absolute atomic E-state index is 0.0584. The second kappa shape index (κ2) is 5.03. The van der Waals surface area contributed by atoms with Crippen molar-refractivity contribution in [3.05, 3.63) is 24.0 Å². The van der Waals surface area contributed by atoms with Crippen molar-refractivity contribution < 1.29 is 9.59 Å². The van der Waals surface area contributed by atoms with Crippen molar-refractivity contribution in [3.8, 4) is 0 Å². The van der Waals surface area contributed by atoms with E-state index >= 15 is 0 Å². The van der Waals surface area contributed by atoms with E-state index in [0.717, 1.165) is 0 Å². The van der Waals surface area contributed by atoms with Crippen molar-refractivity contribution in [1.82, 2.24) is 9.88 Å². The first-order chi connectivity index (χ1) is 8.63. The first kappa shape index (κ1) is 12.3. The molecule has 1 aliphatic rings.